The molecule has 0 aromatic heterocycles. The first-order valence-electron chi connectivity index (χ1n) is 7.26. The molecule has 1 unspecified atom stereocenters. The highest BCUT2D eigenvalue weighted by Crippen LogP contribution is 2.40. The Bertz CT molecular complexity index is 403. The summed E-state index contributed by atoms with van der Waals surface area (Å²) in [6.45, 7) is 0.808. The van der Waals surface area contributed by atoms with E-state index in [2.05, 4.69) is 4.74 Å². The molecule has 0 spiro atoms. The number of ether oxygens (including phenoxy) is 1. The first-order valence-corrected chi connectivity index (χ1v) is 7.26. The fraction of sp³-hybridized carbons (Fsp3) is 0.857. The standard InChI is InChI=1S/C14H20F3NO3/c1-21-13(20)10-6-7-18(8-10)12(19)9-2-4-11(5-3-9)14(15,16)17/h9-11H,2-8H2,1H3. The molecule has 0 radical (unpaired) electrons. The molecule has 1 atom stereocenters. The molecule has 2 aliphatic rings. The number of methoxy groups -OCH3 is 1. The lowest BCUT2D eigenvalue weighted by Gasteiger charge is -2.31. The van der Waals surface area contributed by atoms with Gasteiger partial charge in [-0.1, -0.05) is 0 Å². The molecular weight excluding hydrogens is 287 g/mol. The van der Waals surface area contributed by atoms with Gasteiger partial charge in [0.15, 0.2) is 0 Å². The monoisotopic (exact) mass is 307 g/mol. The SMILES string of the molecule is COC(=O)C1CCN(C(=O)C2CCC(C(F)(F)F)CC2)C1. The van der Waals surface area contributed by atoms with E-state index in [1.54, 1.807) is 4.90 Å². The number of esters is 1. The minimum absolute atomic E-state index is 0.0220. The van der Waals surface area contributed by atoms with Gasteiger partial charge in [0.05, 0.1) is 18.9 Å². The van der Waals surface area contributed by atoms with Crippen molar-refractivity contribution in [2.75, 3.05) is 20.2 Å². The molecule has 0 aromatic rings. The van der Waals surface area contributed by atoms with Crippen molar-refractivity contribution in [2.24, 2.45) is 17.8 Å². The summed E-state index contributed by atoms with van der Waals surface area (Å²) < 4.78 is 42.5. The van der Waals surface area contributed by atoms with Crippen LogP contribution in [0, 0.1) is 17.8 Å². The van der Waals surface area contributed by atoms with E-state index in [4.69, 9.17) is 0 Å². The van der Waals surface area contributed by atoms with Crippen LogP contribution in [0.1, 0.15) is 32.1 Å². The average Bonchev–Trinajstić information content (AvgIpc) is 2.94. The Morgan fingerprint density at radius 1 is 1.05 bits per heavy atom. The molecule has 7 heteroatoms. The molecular formula is C14H20F3NO3. The first kappa shape index (κ1) is 16.1. The third-order valence-corrected chi connectivity index (χ3v) is 4.57. The van der Waals surface area contributed by atoms with Crippen molar-refractivity contribution in [1.82, 2.24) is 4.90 Å². The number of alkyl halides is 3. The van der Waals surface area contributed by atoms with Crippen molar-refractivity contribution in [1.29, 1.82) is 0 Å². The number of carbonyl (C=O) groups excluding carboxylic acids is 2. The molecule has 4 nitrogen and oxygen atoms in total. The largest absolute Gasteiger partial charge is 0.469 e. The number of hydrogen-bond donors (Lipinski definition) is 0. The van der Waals surface area contributed by atoms with Crippen molar-refractivity contribution in [3.05, 3.63) is 0 Å². The third-order valence-electron chi connectivity index (χ3n) is 4.57. The van der Waals surface area contributed by atoms with E-state index in [-0.39, 0.29) is 49.4 Å². The molecule has 1 saturated carbocycles. The quantitative estimate of drug-likeness (QED) is 0.736. The second-order valence-electron chi connectivity index (χ2n) is 5.88. The van der Waals surface area contributed by atoms with E-state index in [9.17, 15) is 22.8 Å². The Kier molecular flexibility index (Phi) is 4.78. The lowest BCUT2D eigenvalue weighted by molar-refractivity contribution is -0.185. The second kappa shape index (κ2) is 6.23. The highest BCUT2D eigenvalue weighted by Gasteiger charge is 2.43. The summed E-state index contributed by atoms with van der Waals surface area (Å²) in [6.07, 6.45) is -2.99. The topological polar surface area (TPSA) is 46.6 Å². The first-order chi connectivity index (χ1) is 9.82. The maximum absolute atomic E-state index is 12.6. The maximum Gasteiger partial charge on any atom is 0.391 e. The third kappa shape index (κ3) is 3.68. The highest BCUT2D eigenvalue weighted by atomic mass is 19.4. The van der Waals surface area contributed by atoms with Gasteiger partial charge in [0.25, 0.3) is 0 Å². The Morgan fingerprint density at radius 2 is 1.67 bits per heavy atom. The van der Waals surface area contributed by atoms with Crippen LogP contribution in [-0.2, 0) is 14.3 Å². The van der Waals surface area contributed by atoms with Crippen LogP contribution in [0.4, 0.5) is 13.2 Å². The van der Waals surface area contributed by atoms with E-state index in [1.165, 1.54) is 7.11 Å². The van der Waals surface area contributed by atoms with Crippen molar-refractivity contribution in [3.8, 4) is 0 Å². The number of halogens is 3. The van der Waals surface area contributed by atoms with Gasteiger partial charge in [-0.15, -0.1) is 0 Å². The zero-order valence-corrected chi connectivity index (χ0v) is 12.0. The Hall–Kier alpha value is -1.27. The van der Waals surface area contributed by atoms with E-state index in [0.717, 1.165) is 0 Å². The molecule has 1 aliphatic carbocycles. The normalized spacial score (nSPS) is 30.3. The van der Waals surface area contributed by atoms with Gasteiger partial charge in [0, 0.05) is 19.0 Å². The predicted molar refractivity (Wildman–Crippen MR) is 68.2 cm³/mol. The molecule has 1 saturated heterocycles. The van der Waals surface area contributed by atoms with Gasteiger partial charge in [-0.2, -0.15) is 13.2 Å². The number of hydrogen-bond acceptors (Lipinski definition) is 3. The van der Waals surface area contributed by atoms with Crippen LogP contribution in [0.5, 0.6) is 0 Å². The fourth-order valence-electron chi connectivity index (χ4n) is 3.25. The van der Waals surface area contributed by atoms with E-state index < -0.39 is 12.1 Å². The van der Waals surface area contributed by atoms with E-state index in [0.29, 0.717) is 19.5 Å². The predicted octanol–water partition coefficient (Wildman–Crippen LogP) is 2.38. The summed E-state index contributed by atoms with van der Waals surface area (Å²) in [5, 5.41) is 0. The van der Waals surface area contributed by atoms with E-state index >= 15 is 0 Å². The summed E-state index contributed by atoms with van der Waals surface area (Å²) in [4.78, 5) is 25.3. The number of likely N-dealkylation sites (tertiary alicyclic amines) is 1. The van der Waals surface area contributed by atoms with E-state index in [1.807, 2.05) is 0 Å². The second-order valence-corrected chi connectivity index (χ2v) is 5.88. The lowest BCUT2D eigenvalue weighted by Crippen LogP contribution is -2.38. The van der Waals surface area contributed by atoms with Crippen molar-refractivity contribution in [3.63, 3.8) is 0 Å². The molecule has 2 fully saturated rings. The lowest BCUT2D eigenvalue weighted by atomic mass is 9.81. The fourth-order valence-corrected chi connectivity index (χ4v) is 3.25. The summed E-state index contributed by atoms with van der Waals surface area (Å²) in [5.41, 5.74) is 0. The number of rotatable bonds is 2. The Labute approximate surface area is 121 Å². The van der Waals surface area contributed by atoms with Crippen LogP contribution in [0.15, 0.2) is 0 Å². The highest BCUT2D eigenvalue weighted by molar-refractivity contribution is 5.81. The molecule has 1 aliphatic heterocycles. The van der Waals surface area contributed by atoms with Gasteiger partial charge < -0.3 is 9.64 Å². The summed E-state index contributed by atoms with van der Waals surface area (Å²) in [6, 6.07) is 0. The zero-order chi connectivity index (χ0) is 15.6. The van der Waals surface area contributed by atoms with Crippen LogP contribution in [0.25, 0.3) is 0 Å². The minimum atomic E-state index is -4.16. The summed E-state index contributed by atoms with van der Waals surface area (Å²) in [5.74, 6) is -2.35. The molecule has 1 amide bonds. The Morgan fingerprint density at radius 3 is 2.19 bits per heavy atom. The maximum atomic E-state index is 12.6. The van der Waals surface area contributed by atoms with Gasteiger partial charge in [0.2, 0.25) is 5.91 Å². The molecule has 0 bridgehead atoms. The van der Waals surface area contributed by atoms with Crippen LogP contribution >= 0.6 is 0 Å². The number of nitrogens with zero attached hydrogens (tertiary/aromatic N) is 1. The van der Waals surface area contributed by atoms with Gasteiger partial charge in [0.1, 0.15) is 0 Å². The van der Waals surface area contributed by atoms with Crippen LogP contribution in [0.3, 0.4) is 0 Å². The van der Waals surface area contributed by atoms with Crippen LogP contribution < -0.4 is 0 Å². The van der Waals surface area contributed by atoms with Crippen molar-refractivity contribution >= 4 is 11.9 Å². The van der Waals surface area contributed by atoms with Crippen molar-refractivity contribution in [2.45, 2.75) is 38.3 Å². The molecule has 1 heterocycles. The van der Waals surface area contributed by atoms with Crippen LogP contribution in [0.2, 0.25) is 0 Å². The molecule has 2 rings (SSSR count). The van der Waals surface area contributed by atoms with Gasteiger partial charge >= 0.3 is 12.1 Å². The van der Waals surface area contributed by atoms with Gasteiger partial charge in [-0.3, -0.25) is 9.59 Å². The molecule has 0 N–H and O–H groups in total. The smallest absolute Gasteiger partial charge is 0.391 e. The Balaban J connectivity index is 1.84. The molecule has 21 heavy (non-hydrogen) atoms. The van der Waals surface area contributed by atoms with Gasteiger partial charge in [-0.25, -0.2) is 0 Å². The van der Waals surface area contributed by atoms with Gasteiger partial charge in [-0.05, 0) is 32.1 Å². The molecule has 120 valence electrons. The van der Waals surface area contributed by atoms with Crippen LogP contribution in [-0.4, -0.2) is 43.2 Å². The minimum Gasteiger partial charge on any atom is -0.469 e. The molecule has 0 aromatic carbocycles. The number of carbonyl (C=O) groups is 2. The zero-order valence-electron chi connectivity index (χ0n) is 12.0. The number of amides is 1. The average molecular weight is 307 g/mol. The summed E-state index contributed by atoms with van der Waals surface area (Å²) in [7, 11) is 1.31. The van der Waals surface area contributed by atoms with Crippen molar-refractivity contribution < 1.29 is 27.5 Å². The summed E-state index contributed by atoms with van der Waals surface area (Å²) >= 11 is 0.